The maximum Gasteiger partial charge on any atom is 0.416 e. The highest BCUT2D eigenvalue weighted by Crippen LogP contribution is 2.33. The molecule has 1 aromatic heterocycles. The summed E-state index contributed by atoms with van der Waals surface area (Å²) < 4.78 is 38.4. The normalized spacial score (nSPS) is 11.2. The number of anilines is 2. The molecule has 7 heteroatoms. The number of aryl methyl sites for hydroxylation is 1. The first kappa shape index (κ1) is 14.8. The third-order valence-electron chi connectivity index (χ3n) is 2.82. The second kappa shape index (κ2) is 5.43. The molecule has 0 saturated heterocycles. The lowest BCUT2D eigenvalue weighted by Crippen LogP contribution is -2.08. The van der Waals surface area contributed by atoms with Crippen LogP contribution in [0, 0.1) is 6.92 Å². The highest BCUT2D eigenvalue weighted by atomic mass is 19.4. The molecule has 0 saturated carbocycles. The van der Waals surface area contributed by atoms with Crippen LogP contribution in [0.25, 0.3) is 0 Å². The van der Waals surface area contributed by atoms with Crippen molar-refractivity contribution < 1.29 is 23.1 Å². The van der Waals surface area contributed by atoms with E-state index < -0.39 is 17.7 Å². The van der Waals surface area contributed by atoms with Gasteiger partial charge in [0.2, 0.25) is 0 Å². The lowest BCUT2D eigenvalue weighted by atomic mass is 10.1. The Morgan fingerprint density at radius 2 is 1.95 bits per heavy atom. The molecule has 4 nitrogen and oxygen atoms in total. The zero-order chi connectivity index (χ0) is 15.6. The molecule has 0 aliphatic heterocycles. The Balaban J connectivity index is 2.32. The zero-order valence-electron chi connectivity index (χ0n) is 10.9. The van der Waals surface area contributed by atoms with E-state index in [-0.39, 0.29) is 22.6 Å². The Kier molecular flexibility index (Phi) is 3.84. The minimum absolute atomic E-state index is 0.00402. The maximum absolute atomic E-state index is 12.8. The molecular formula is C14H11F3N2O2. The van der Waals surface area contributed by atoms with E-state index in [9.17, 15) is 18.0 Å². The van der Waals surface area contributed by atoms with Gasteiger partial charge in [-0.2, -0.15) is 13.2 Å². The summed E-state index contributed by atoms with van der Waals surface area (Å²) in [7, 11) is 0. The van der Waals surface area contributed by atoms with Gasteiger partial charge in [0, 0.05) is 11.9 Å². The third kappa shape index (κ3) is 3.50. The van der Waals surface area contributed by atoms with Gasteiger partial charge in [-0.1, -0.05) is 6.07 Å². The first-order valence-corrected chi connectivity index (χ1v) is 5.91. The summed E-state index contributed by atoms with van der Waals surface area (Å²) in [5, 5.41) is 11.5. The Hall–Kier alpha value is -2.57. The van der Waals surface area contributed by atoms with E-state index in [1.54, 1.807) is 0 Å². The first-order chi connectivity index (χ1) is 9.77. The largest absolute Gasteiger partial charge is 0.478 e. The molecule has 2 N–H and O–H groups in total. The van der Waals surface area contributed by atoms with E-state index in [0.29, 0.717) is 0 Å². The van der Waals surface area contributed by atoms with Crippen molar-refractivity contribution in [2.24, 2.45) is 0 Å². The summed E-state index contributed by atoms with van der Waals surface area (Å²) in [5.74, 6) is -0.979. The number of hydrogen-bond acceptors (Lipinski definition) is 3. The van der Waals surface area contributed by atoms with Crippen LogP contribution in [0.15, 0.2) is 36.5 Å². The van der Waals surface area contributed by atoms with Crippen LogP contribution >= 0.6 is 0 Å². The number of benzene rings is 1. The van der Waals surface area contributed by atoms with E-state index in [0.717, 1.165) is 6.07 Å². The molecule has 0 fully saturated rings. The van der Waals surface area contributed by atoms with Crippen molar-refractivity contribution in [3.63, 3.8) is 0 Å². The molecule has 0 spiro atoms. The zero-order valence-corrected chi connectivity index (χ0v) is 10.9. The van der Waals surface area contributed by atoms with Gasteiger partial charge in [-0.05, 0) is 36.8 Å². The Morgan fingerprint density at radius 1 is 1.24 bits per heavy atom. The van der Waals surface area contributed by atoms with Gasteiger partial charge in [-0.3, -0.25) is 0 Å². The molecule has 0 radical (unpaired) electrons. The maximum atomic E-state index is 12.8. The summed E-state index contributed by atoms with van der Waals surface area (Å²) in [4.78, 5) is 14.7. The predicted octanol–water partition coefficient (Wildman–Crippen LogP) is 3.85. The Morgan fingerprint density at radius 3 is 2.57 bits per heavy atom. The van der Waals surface area contributed by atoms with E-state index in [1.807, 2.05) is 0 Å². The van der Waals surface area contributed by atoms with Gasteiger partial charge in [0.25, 0.3) is 0 Å². The van der Waals surface area contributed by atoms with E-state index in [2.05, 4.69) is 10.3 Å². The number of pyridine rings is 1. The number of rotatable bonds is 3. The molecular weight excluding hydrogens is 285 g/mol. The Labute approximate surface area is 118 Å². The molecule has 21 heavy (non-hydrogen) atoms. The number of aromatic nitrogens is 1. The van der Waals surface area contributed by atoms with Crippen molar-refractivity contribution >= 4 is 17.5 Å². The highest BCUT2D eigenvalue weighted by Gasteiger charge is 2.32. The number of nitrogens with zero attached hydrogens (tertiary/aromatic N) is 1. The van der Waals surface area contributed by atoms with Gasteiger partial charge in [0.1, 0.15) is 5.82 Å². The fourth-order valence-corrected chi connectivity index (χ4v) is 1.78. The summed E-state index contributed by atoms with van der Waals surface area (Å²) in [6.07, 6.45) is -3.18. The number of carbonyl (C=O) groups is 1. The number of carboxylic acid groups (broad SMARTS) is 1. The summed E-state index contributed by atoms with van der Waals surface area (Å²) in [6.45, 7) is 1.37. The summed E-state index contributed by atoms with van der Waals surface area (Å²) >= 11 is 0. The molecule has 0 unspecified atom stereocenters. The van der Waals surface area contributed by atoms with E-state index in [4.69, 9.17) is 5.11 Å². The molecule has 0 atom stereocenters. The van der Waals surface area contributed by atoms with Crippen LogP contribution in [0.1, 0.15) is 21.5 Å². The van der Waals surface area contributed by atoms with Crippen LogP contribution in [0.2, 0.25) is 0 Å². The van der Waals surface area contributed by atoms with Crippen molar-refractivity contribution in [3.8, 4) is 0 Å². The van der Waals surface area contributed by atoms with Crippen molar-refractivity contribution in [2.75, 3.05) is 5.32 Å². The quantitative estimate of drug-likeness (QED) is 0.903. The molecule has 2 rings (SSSR count). The average Bonchev–Trinajstić information content (AvgIpc) is 2.40. The molecule has 2 aromatic rings. The molecule has 0 amide bonds. The van der Waals surface area contributed by atoms with Crippen LogP contribution in [-0.2, 0) is 6.18 Å². The monoisotopic (exact) mass is 296 g/mol. The molecule has 1 aromatic carbocycles. The highest BCUT2D eigenvalue weighted by molar-refractivity contribution is 5.88. The average molecular weight is 296 g/mol. The van der Waals surface area contributed by atoms with Crippen molar-refractivity contribution in [2.45, 2.75) is 13.1 Å². The van der Waals surface area contributed by atoms with Crippen molar-refractivity contribution in [3.05, 3.63) is 53.2 Å². The standard InChI is InChI=1S/C14H11F3N2O2/c1-8-2-3-10(7-11(8)14(15,16)17)19-12-6-9(13(20)21)4-5-18-12/h2-7H,1H3,(H,18,19)(H,20,21). The van der Waals surface area contributed by atoms with Crippen LogP contribution in [0.4, 0.5) is 24.7 Å². The van der Waals surface area contributed by atoms with Crippen molar-refractivity contribution in [1.82, 2.24) is 4.98 Å². The molecule has 0 bridgehead atoms. The second-order valence-electron chi connectivity index (χ2n) is 4.39. The van der Waals surface area contributed by atoms with E-state index >= 15 is 0 Å². The number of halogens is 3. The molecule has 110 valence electrons. The minimum Gasteiger partial charge on any atom is -0.478 e. The van der Waals surface area contributed by atoms with Gasteiger partial charge in [0.15, 0.2) is 0 Å². The number of aromatic carboxylic acids is 1. The lowest BCUT2D eigenvalue weighted by molar-refractivity contribution is -0.138. The predicted molar refractivity (Wildman–Crippen MR) is 70.7 cm³/mol. The second-order valence-corrected chi connectivity index (χ2v) is 4.39. The molecule has 1 heterocycles. The fourth-order valence-electron chi connectivity index (χ4n) is 1.78. The lowest BCUT2D eigenvalue weighted by Gasteiger charge is -2.13. The number of nitrogens with one attached hydrogen (secondary N) is 1. The van der Waals surface area contributed by atoms with Crippen LogP contribution < -0.4 is 5.32 Å². The number of alkyl halides is 3. The van der Waals surface area contributed by atoms with Crippen LogP contribution in [0.3, 0.4) is 0 Å². The summed E-state index contributed by atoms with van der Waals surface area (Å²) in [6, 6.07) is 6.32. The molecule has 0 aliphatic rings. The topological polar surface area (TPSA) is 62.2 Å². The number of hydrogen-bond donors (Lipinski definition) is 2. The van der Waals surface area contributed by atoms with Gasteiger partial charge in [-0.25, -0.2) is 9.78 Å². The first-order valence-electron chi connectivity index (χ1n) is 5.91. The van der Waals surface area contributed by atoms with E-state index in [1.165, 1.54) is 37.4 Å². The summed E-state index contributed by atoms with van der Waals surface area (Å²) in [5.41, 5.74) is -0.458. The minimum atomic E-state index is -4.45. The molecule has 0 aliphatic carbocycles. The van der Waals surface area contributed by atoms with Gasteiger partial charge >= 0.3 is 12.1 Å². The number of carboxylic acids is 1. The van der Waals surface area contributed by atoms with Gasteiger partial charge in [-0.15, -0.1) is 0 Å². The third-order valence-corrected chi connectivity index (χ3v) is 2.82. The van der Waals surface area contributed by atoms with Crippen LogP contribution in [-0.4, -0.2) is 16.1 Å². The van der Waals surface area contributed by atoms with Crippen LogP contribution in [0.5, 0.6) is 0 Å². The smallest absolute Gasteiger partial charge is 0.416 e. The fraction of sp³-hybridized carbons (Fsp3) is 0.143. The Bertz CT molecular complexity index is 684. The van der Waals surface area contributed by atoms with Gasteiger partial charge < -0.3 is 10.4 Å². The van der Waals surface area contributed by atoms with Gasteiger partial charge in [0.05, 0.1) is 11.1 Å². The SMILES string of the molecule is Cc1ccc(Nc2cc(C(=O)O)ccn2)cc1C(F)(F)F. The van der Waals surface area contributed by atoms with Crippen molar-refractivity contribution in [1.29, 1.82) is 0 Å².